The van der Waals surface area contributed by atoms with E-state index in [1.54, 1.807) is 14.2 Å². The number of hydrogen-bond donors (Lipinski definition) is 3. The van der Waals surface area contributed by atoms with E-state index in [0.717, 1.165) is 13.2 Å². The summed E-state index contributed by atoms with van der Waals surface area (Å²) in [6.07, 6.45) is 0. The van der Waals surface area contributed by atoms with Crippen molar-refractivity contribution in [1.82, 2.24) is 0 Å². The van der Waals surface area contributed by atoms with Crippen LogP contribution in [0.4, 0.5) is 0 Å². The molecule has 0 radical (unpaired) electrons. The highest BCUT2D eigenvalue weighted by molar-refractivity contribution is 7.45. The summed E-state index contributed by atoms with van der Waals surface area (Å²) >= 11 is 0. The van der Waals surface area contributed by atoms with Crippen molar-refractivity contribution in [3.8, 4) is 0 Å². The number of hydrogen-bond acceptors (Lipinski definition) is 3. The molecule has 0 aromatic heterocycles. The van der Waals surface area contributed by atoms with Crippen LogP contribution in [-0.4, -0.2) is 59.7 Å². The first-order chi connectivity index (χ1) is 8.54. The van der Waals surface area contributed by atoms with Gasteiger partial charge in [0.2, 0.25) is 0 Å². The minimum absolute atomic E-state index is 0.313. The maximum absolute atomic E-state index is 8.88. The van der Waals surface area contributed by atoms with Gasteiger partial charge in [0.25, 0.3) is 0 Å². The number of rotatable bonds is 6. The van der Waals surface area contributed by atoms with Crippen LogP contribution in [0.2, 0.25) is 38.3 Å². The van der Waals surface area contributed by atoms with Crippen LogP contribution < -0.4 is 0 Å². The van der Waals surface area contributed by atoms with Crippen LogP contribution >= 0.6 is 7.82 Å². The highest BCUT2D eigenvalue weighted by atomic mass is 31.2. The molecule has 0 aliphatic carbocycles. The van der Waals surface area contributed by atoms with Gasteiger partial charge in [0.05, 0.1) is 0 Å². The molecule has 0 aromatic carbocycles. The Morgan fingerprint density at radius 2 is 1.05 bits per heavy atom. The van der Waals surface area contributed by atoms with Gasteiger partial charge in [0, 0.05) is 45.0 Å². The van der Waals surface area contributed by atoms with Crippen LogP contribution in [0, 0.1) is 0 Å². The summed E-state index contributed by atoms with van der Waals surface area (Å²) in [6, 6.07) is 2.63. The molecule has 0 saturated carbocycles. The molecule has 0 aliphatic rings. The third-order valence-corrected chi connectivity index (χ3v) is 4.58. The number of ether oxygens (including phenoxy) is 2. The topological polar surface area (TPSA) is 96.2 Å². The van der Waals surface area contributed by atoms with Crippen molar-refractivity contribution in [1.29, 1.82) is 0 Å². The molecule has 9 heteroatoms. The summed E-state index contributed by atoms with van der Waals surface area (Å²) in [4.78, 5) is 21.6. The van der Waals surface area contributed by atoms with E-state index in [2.05, 4.69) is 26.2 Å². The van der Waals surface area contributed by atoms with Crippen molar-refractivity contribution in [3.63, 3.8) is 0 Å². The van der Waals surface area contributed by atoms with Crippen LogP contribution in [-0.2, 0) is 14.0 Å². The third kappa shape index (κ3) is 69.9. The largest absolute Gasteiger partial charge is 0.466 e. The van der Waals surface area contributed by atoms with Gasteiger partial charge in [-0.25, -0.2) is 4.57 Å². The van der Waals surface area contributed by atoms with E-state index in [9.17, 15) is 0 Å². The molecule has 0 unspecified atom stereocenters. The fraction of sp³-hybridized carbons (Fsp3) is 1.00. The van der Waals surface area contributed by atoms with E-state index in [1.165, 1.54) is 12.1 Å². The second kappa shape index (κ2) is 16.5. The average molecular weight is 334 g/mol. The van der Waals surface area contributed by atoms with E-state index >= 15 is 0 Å². The quantitative estimate of drug-likeness (QED) is 0.501. The van der Waals surface area contributed by atoms with E-state index in [-0.39, 0.29) is 17.6 Å². The fourth-order valence-electron chi connectivity index (χ4n) is 0.707. The third-order valence-electron chi connectivity index (χ3n) is 1.80. The van der Waals surface area contributed by atoms with Crippen molar-refractivity contribution >= 4 is 25.4 Å². The van der Waals surface area contributed by atoms with E-state index in [0.29, 0.717) is 0 Å². The van der Waals surface area contributed by atoms with Crippen LogP contribution in [0.3, 0.4) is 0 Å². The molecular formula is C10H31O6PSi2. The molecule has 0 rings (SSSR count). The Bertz CT molecular complexity index is 190. The molecule has 120 valence electrons. The summed E-state index contributed by atoms with van der Waals surface area (Å²) in [5.74, 6) is 0. The van der Waals surface area contributed by atoms with Crippen molar-refractivity contribution in [2.45, 2.75) is 38.3 Å². The zero-order valence-electron chi connectivity index (χ0n) is 13.0. The lowest BCUT2D eigenvalue weighted by atomic mass is 10.9. The molecule has 19 heavy (non-hydrogen) atoms. The Morgan fingerprint density at radius 1 is 0.842 bits per heavy atom. The lowest BCUT2D eigenvalue weighted by Crippen LogP contribution is -2.02. The normalized spacial score (nSPS) is 10.7. The maximum atomic E-state index is 8.88. The molecule has 0 amide bonds. The molecule has 6 nitrogen and oxygen atoms in total. The number of methoxy groups -OCH3 is 2. The Kier molecular flexibility index (Phi) is 21.3. The Balaban J connectivity index is -0.000000206. The second-order valence-corrected chi connectivity index (χ2v) is 12.6. The zero-order chi connectivity index (χ0) is 15.9. The molecule has 0 aromatic rings. The van der Waals surface area contributed by atoms with Crippen molar-refractivity contribution in [2.75, 3.05) is 27.4 Å². The highest BCUT2D eigenvalue weighted by Gasteiger charge is 2.00. The van der Waals surface area contributed by atoms with Gasteiger partial charge >= 0.3 is 7.82 Å². The molecule has 0 saturated heterocycles. The molecular weight excluding hydrogens is 303 g/mol. The fourth-order valence-corrected chi connectivity index (χ4v) is 2.12. The minimum Gasteiger partial charge on any atom is -0.385 e. The van der Waals surface area contributed by atoms with Gasteiger partial charge in [0.15, 0.2) is 0 Å². The lowest BCUT2D eigenvalue weighted by molar-refractivity contribution is 0.215. The number of phosphoric acid groups is 1. The van der Waals surface area contributed by atoms with Crippen LogP contribution in [0.1, 0.15) is 0 Å². The van der Waals surface area contributed by atoms with Crippen LogP contribution in [0.15, 0.2) is 0 Å². The molecule has 0 aliphatic heterocycles. The van der Waals surface area contributed by atoms with E-state index in [1.807, 2.05) is 0 Å². The standard InChI is InChI=1S/2C5H14OSi.H3O4P/c2*1-6-4-5-7(2)3;1-5(2,3)4/h2*7H,4-5H2,1-3H3;(H3,1,2,3,4). The summed E-state index contributed by atoms with van der Waals surface area (Å²) in [6.45, 7) is 11.3. The first kappa shape index (κ1) is 24.5. The smallest absolute Gasteiger partial charge is 0.385 e. The Hall–Kier alpha value is 0.464. The van der Waals surface area contributed by atoms with Gasteiger partial charge in [-0.3, -0.25) is 0 Å². The summed E-state index contributed by atoms with van der Waals surface area (Å²) in [7, 11) is -1.74. The summed E-state index contributed by atoms with van der Waals surface area (Å²) in [5, 5.41) is 0. The van der Waals surface area contributed by atoms with E-state index < -0.39 is 7.82 Å². The first-order valence-corrected chi connectivity index (χ1v) is 14.1. The molecule has 0 atom stereocenters. The summed E-state index contributed by atoms with van der Waals surface area (Å²) in [5.41, 5.74) is 0. The predicted molar refractivity (Wildman–Crippen MR) is 85.4 cm³/mol. The van der Waals surface area contributed by atoms with Crippen molar-refractivity contribution in [3.05, 3.63) is 0 Å². The predicted octanol–water partition coefficient (Wildman–Crippen LogP) is 1.31. The van der Waals surface area contributed by atoms with Crippen LogP contribution in [0.25, 0.3) is 0 Å². The van der Waals surface area contributed by atoms with Gasteiger partial charge in [-0.05, 0) is 12.1 Å². The maximum Gasteiger partial charge on any atom is 0.466 e. The van der Waals surface area contributed by atoms with Crippen molar-refractivity contribution < 1.29 is 28.7 Å². The van der Waals surface area contributed by atoms with Crippen LogP contribution in [0.5, 0.6) is 0 Å². The SMILES string of the molecule is COCC[SiH](C)C.COCC[SiH](C)C.O=P(O)(O)O. The molecule has 0 spiro atoms. The van der Waals surface area contributed by atoms with Gasteiger partial charge in [-0.1, -0.05) is 26.2 Å². The Labute approximate surface area is 120 Å². The van der Waals surface area contributed by atoms with Crippen molar-refractivity contribution in [2.24, 2.45) is 0 Å². The van der Waals surface area contributed by atoms with E-state index in [4.69, 9.17) is 28.7 Å². The monoisotopic (exact) mass is 334 g/mol. The summed E-state index contributed by atoms with van der Waals surface area (Å²) < 4.78 is 18.7. The molecule has 0 heterocycles. The zero-order valence-corrected chi connectivity index (χ0v) is 16.2. The minimum atomic E-state index is -4.64. The molecule has 0 bridgehead atoms. The van der Waals surface area contributed by atoms with Gasteiger partial charge in [-0.15, -0.1) is 0 Å². The Morgan fingerprint density at radius 3 is 1.11 bits per heavy atom. The van der Waals surface area contributed by atoms with Gasteiger partial charge in [0.1, 0.15) is 0 Å². The highest BCUT2D eigenvalue weighted by Crippen LogP contribution is 2.25. The second-order valence-electron chi connectivity index (χ2n) is 4.86. The van der Waals surface area contributed by atoms with Gasteiger partial charge < -0.3 is 24.2 Å². The van der Waals surface area contributed by atoms with Gasteiger partial charge in [-0.2, -0.15) is 0 Å². The molecule has 0 fully saturated rings. The molecule has 3 N–H and O–H groups in total. The first-order valence-electron chi connectivity index (χ1n) is 6.30. The average Bonchev–Trinajstić information content (AvgIpc) is 2.22. The lowest BCUT2D eigenvalue weighted by Gasteiger charge is -1.98.